The topological polar surface area (TPSA) is 54.9 Å². The minimum Gasteiger partial charge on any atom is -0.323 e. The Hall–Kier alpha value is -1.62. The standard InChI is InChI=1S/C10H7BrN2O2/c11-7-1-3-8(4-2-7)13-6-5-12-9(14)10(13)15/h1-6H,(H,12,14). The number of nitrogens with one attached hydrogen (secondary N) is 1. The van der Waals surface area contributed by atoms with E-state index in [0.29, 0.717) is 5.69 Å². The van der Waals surface area contributed by atoms with Crippen LogP contribution in [0.5, 0.6) is 0 Å². The molecule has 1 N–H and O–H groups in total. The van der Waals surface area contributed by atoms with E-state index in [4.69, 9.17) is 0 Å². The number of rotatable bonds is 1. The highest BCUT2D eigenvalue weighted by molar-refractivity contribution is 9.10. The first-order chi connectivity index (χ1) is 7.18. The van der Waals surface area contributed by atoms with Crippen LogP contribution in [-0.4, -0.2) is 9.55 Å². The minimum absolute atomic E-state index is 0.583. The molecule has 1 aromatic heterocycles. The van der Waals surface area contributed by atoms with Gasteiger partial charge in [-0.15, -0.1) is 0 Å². The van der Waals surface area contributed by atoms with Crippen LogP contribution in [0.1, 0.15) is 0 Å². The Morgan fingerprint density at radius 3 is 2.47 bits per heavy atom. The van der Waals surface area contributed by atoms with Gasteiger partial charge >= 0.3 is 11.1 Å². The van der Waals surface area contributed by atoms with Crippen LogP contribution in [0.15, 0.2) is 50.7 Å². The van der Waals surface area contributed by atoms with Crippen LogP contribution in [0.4, 0.5) is 0 Å². The van der Waals surface area contributed by atoms with Gasteiger partial charge in [-0.25, -0.2) is 0 Å². The van der Waals surface area contributed by atoms with Crippen molar-refractivity contribution in [1.82, 2.24) is 9.55 Å². The van der Waals surface area contributed by atoms with Crippen molar-refractivity contribution >= 4 is 15.9 Å². The molecule has 2 rings (SSSR count). The van der Waals surface area contributed by atoms with Crippen molar-refractivity contribution in [3.63, 3.8) is 0 Å². The Labute approximate surface area is 93.3 Å². The maximum Gasteiger partial charge on any atom is 0.320 e. The third kappa shape index (κ3) is 1.92. The fourth-order valence-electron chi connectivity index (χ4n) is 1.23. The van der Waals surface area contributed by atoms with Crippen molar-refractivity contribution in [2.24, 2.45) is 0 Å². The summed E-state index contributed by atoms with van der Waals surface area (Å²) in [5, 5.41) is 0. The normalized spacial score (nSPS) is 10.2. The summed E-state index contributed by atoms with van der Waals surface area (Å²) in [5.41, 5.74) is -0.547. The van der Waals surface area contributed by atoms with Crippen LogP contribution < -0.4 is 11.1 Å². The molecule has 4 nitrogen and oxygen atoms in total. The quantitative estimate of drug-likeness (QED) is 0.791. The first kappa shape index (κ1) is 9.92. The lowest BCUT2D eigenvalue weighted by atomic mass is 10.3. The van der Waals surface area contributed by atoms with Crippen LogP contribution in [-0.2, 0) is 0 Å². The highest BCUT2D eigenvalue weighted by atomic mass is 79.9. The van der Waals surface area contributed by atoms with Crippen molar-refractivity contribution in [2.45, 2.75) is 0 Å². The van der Waals surface area contributed by atoms with E-state index in [1.165, 1.54) is 17.0 Å². The molecule has 0 aliphatic carbocycles. The van der Waals surface area contributed by atoms with E-state index < -0.39 is 11.1 Å². The summed E-state index contributed by atoms with van der Waals surface area (Å²) in [6.07, 6.45) is 2.96. The molecule has 0 bridgehead atoms. The maximum absolute atomic E-state index is 11.5. The third-order valence-electron chi connectivity index (χ3n) is 1.96. The van der Waals surface area contributed by atoms with Gasteiger partial charge in [0.05, 0.1) is 0 Å². The van der Waals surface area contributed by atoms with E-state index in [2.05, 4.69) is 20.9 Å². The molecule has 2 aromatic rings. The predicted molar refractivity (Wildman–Crippen MR) is 60.4 cm³/mol. The molecule has 1 aromatic carbocycles. The summed E-state index contributed by atoms with van der Waals surface area (Å²) in [6, 6.07) is 7.13. The van der Waals surface area contributed by atoms with Crippen LogP contribution in [0, 0.1) is 0 Å². The molecule has 0 aliphatic heterocycles. The Morgan fingerprint density at radius 1 is 1.13 bits per heavy atom. The molecule has 1 heterocycles. The van der Waals surface area contributed by atoms with Gasteiger partial charge in [-0.2, -0.15) is 0 Å². The molecule has 0 amide bonds. The Balaban J connectivity index is 2.65. The van der Waals surface area contributed by atoms with E-state index in [1.807, 2.05) is 12.1 Å². The Kier molecular flexibility index (Phi) is 2.55. The smallest absolute Gasteiger partial charge is 0.320 e. The van der Waals surface area contributed by atoms with Crippen molar-refractivity contribution in [1.29, 1.82) is 0 Å². The average Bonchev–Trinajstić information content (AvgIpc) is 2.24. The summed E-state index contributed by atoms with van der Waals surface area (Å²) < 4.78 is 2.22. The molecular weight excluding hydrogens is 260 g/mol. The highest BCUT2D eigenvalue weighted by Gasteiger charge is 2.01. The number of hydrogen-bond acceptors (Lipinski definition) is 2. The number of aromatic amines is 1. The number of aromatic nitrogens is 2. The van der Waals surface area contributed by atoms with Crippen LogP contribution in [0.2, 0.25) is 0 Å². The first-order valence-corrected chi connectivity index (χ1v) is 5.04. The fraction of sp³-hybridized carbons (Fsp3) is 0. The largest absolute Gasteiger partial charge is 0.323 e. The monoisotopic (exact) mass is 266 g/mol. The predicted octanol–water partition coefficient (Wildman–Crippen LogP) is 1.29. The average molecular weight is 267 g/mol. The summed E-state index contributed by atoms with van der Waals surface area (Å²) in [5.74, 6) is 0. The lowest BCUT2D eigenvalue weighted by molar-refractivity contribution is 0.927. The number of hydrogen-bond donors (Lipinski definition) is 1. The Bertz CT molecular complexity index is 583. The molecule has 0 aliphatic rings. The van der Waals surface area contributed by atoms with E-state index in [-0.39, 0.29) is 0 Å². The molecular formula is C10H7BrN2O2. The lowest BCUT2D eigenvalue weighted by Crippen LogP contribution is -2.34. The van der Waals surface area contributed by atoms with Gasteiger partial charge in [0, 0.05) is 22.6 Å². The molecule has 15 heavy (non-hydrogen) atoms. The molecule has 0 atom stereocenters. The molecule has 0 radical (unpaired) electrons. The van der Waals surface area contributed by atoms with Gasteiger partial charge in [-0.1, -0.05) is 15.9 Å². The van der Waals surface area contributed by atoms with Crippen LogP contribution in [0.3, 0.4) is 0 Å². The van der Waals surface area contributed by atoms with Gasteiger partial charge in [0.25, 0.3) is 0 Å². The van der Waals surface area contributed by atoms with Crippen LogP contribution in [0.25, 0.3) is 5.69 Å². The van der Waals surface area contributed by atoms with Gasteiger partial charge in [0.2, 0.25) is 0 Å². The van der Waals surface area contributed by atoms with E-state index in [1.54, 1.807) is 12.1 Å². The highest BCUT2D eigenvalue weighted by Crippen LogP contribution is 2.11. The number of nitrogens with zero attached hydrogens (tertiary/aromatic N) is 1. The second-order valence-corrected chi connectivity index (χ2v) is 3.86. The first-order valence-electron chi connectivity index (χ1n) is 4.25. The zero-order valence-electron chi connectivity index (χ0n) is 7.61. The zero-order chi connectivity index (χ0) is 10.8. The maximum atomic E-state index is 11.5. The molecule has 5 heteroatoms. The summed E-state index contributed by atoms with van der Waals surface area (Å²) in [7, 11) is 0. The fourth-order valence-corrected chi connectivity index (χ4v) is 1.50. The second-order valence-electron chi connectivity index (χ2n) is 2.94. The molecule has 0 unspecified atom stereocenters. The SMILES string of the molecule is O=c1[nH]ccn(-c2ccc(Br)cc2)c1=O. The van der Waals surface area contributed by atoms with E-state index >= 15 is 0 Å². The third-order valence-corrected chi connectivity index (χ3v) is 2.48. The lowest BCUT2D eigenvalue weighted by Gasteiger charge is -2.03. The summed E-state index contributed by atoms with van der Waals surface area (Å²) in [4.78, 5) is 24.9. The van der Waals surface area contributed by atoms with Gasteiger partial charge in [0.15, 0.2) is 0 Å². The van der Waals surface area contributed by atoms with Crippen molar-refractivity contribution in [3.05, 3.63) is 61.8 Å². The van der Waals surface area contributed by atoms with E-state index in [0.717, 1.165) is 4.47 Å². The number of H-pyrrole nitrogens is 1. The van der Waals surface area contributed by atoms with Gasteiger partial charge in [-0.05, 0) is 24.3 Å². The van der Waals surface area contributed by atoms with Crippen LogP contribution >= 0.6 is 15.9 Å². The summed E-state index contributed by atoms with van der Waals surface area (Å²) >= 11 is 3.30. The minimum atomic E-state index is -0.625. The van der Waals surface area contributed by atoms with Crippen molar-refractivity contribution in [3.8, 4) is 5.69 Å². The van der Waals surface area contributed by atoms with E-state index in [9.17, 15) is 9.59 Å². The molecule has 0 saturated heterocycles. The molecule has 0 fully saturated rings. The van der Waals surface area contributed by atoms with Gasteiger partial charge in [-0.3, -0.25) is 14.2 Å². The molecule has 0 spiro atoms. The Morgan fingerprint density at radius 2 is 1.80 bits per heavy atom. The molecule has 76 valence electrons. The van der Waals surface area contributed by atoms with Gasteiger partial charge in [0.1, 0.15) is 0 Å². The van der Waals surface area contributed by atoms with Gasteiger partial charge < -0.3 is 4.98 Å². The zero-order valence-corrected chi connectivity index (χ0v) is 9.19. The summed E-state index contributed by atoms with van der Waals surface area (Å²) in [6.45, 7) is 0. The molecule has 0 saturated carbocycles. The second kappa shape index (κ2) is 3.86. The van der Waals surface area contributed by atoms with Crippen molar-refractivity contribution < 1.29 is 0 Å². The van der Waals surface area contributed by atoms with Crippen molar-refractivity contribution in [2.75, 3.05) is 0 Å². The number of halogens is 1. The number of benzene rings is 1.